The van der Waals surface area contributed by atoms with Gasteiger partial charge in [-0.2, -0.15) is 0 Å². The van der Waals surface area contributed by atoms with Crippen LogP contribution in [0.3, 0.4) is 0 Å². The molecule has 1 aliphatic rings. The summed E-state index contributed by atoms with van der Waals surface area (Å²) in [5, 5.41) is 9.27. The zero-order chi connectivity index (χ0) is 12.2. The molecule has 0 aromatic heterocycles. The van der Waals surface area contributed by atoms with Gasteiger partial charge in [0.2, 0.25) is 0 Å². The van der Waals surface area contributed by atoms with Crippen molar-refractivity contribution in [1.29, 1.82) is 0 Å². The van der Waals surface area contributed by atoms with Crippen molar-refractivity contribution >= 4 is 11.9 Å². The number of carboxylic acid groups (broad SMARTS) is 1. The van der Waals surface area contributed by atoms with Gasteiger partial charge in [0.25, 0.3) is 0 Å². The number of hydrogen-bond acceptors (Lipinski definition) is 3. The quantitative estimate of drug-likeness (QED) is 0.589. The normalized spacial score (nSPS) is 19.5. The van der Waals surface area contributed by atoms with E-state index in [1.807, 2.05) is 6.92 Å². The van der Waals surface area contributed by atoms with Crippen molar-refractivity contribution in [1.82, 2.24) is 0 Å². The highest BCUT2D eigenvalue weighted by atomic mass is 16.5. The van der Waals surface area contributed by atoms with Crippen molar-refractivity contribution in [2.75, 3.05) is 7.11 Å². The van der Waals surface area contributed by atoms with Crippen molar-refractivity contribution in [3.05, 3.63) is 11.6 Å². The molecule has 0 aliphatic heterocycles. The Morgan fingerprint density at radius 1 is 1.38 bits per heavy atom. The van der Waals surface area contributed by atoms with Crippen LogP contribution in [0.15, 0.2) is 11.6 Å². The average Bonchev–Trinajstić information content (AvgIpc) is 2.74. The molecule has 0 spiro atoms. The molecule has 1 aliphatic carbocycles. The summed E-state index contributed by atoms with van der Waals surface area (Å²) >= 11 is 0. The van der Waals surface area contributed by atoms with Gasteiger partial charge in [-0.3, -0.25) is 4.79 Å². The van der Waals surface area contributed by atoms with Crippen LogP contribution in [0.4, 0.5) is 0 Å². The topological polar surface area (TPSA) is 63.6 Å². The molecule has 1 saturated carbocycles. The molecule has 0 saturated heterocycles. The average molecular weight is 226 g/mol. The first kappa shape index (κ1) is 12.7. The molecule has 0 heterocycles. The second kappa shape index (κ2) is 5.14. The van der Waals surface area contributed by atoms with E-state index in [9.17, 15) is 14.7 Å². The van der Waals surface area contributed by atoms with Crippen LogP contribution in [0.1, 0.15) is 39.0 Å². The van der Waals surface area contributed by atoms with Crippen LogP contribution in [-0.4, -0.2) is 24.2 Å². The van der Waals surface area contributed by atoms with Crippen LogP contribution in [0.25, 0.3) is 0 Å². The number of rotatable bonds is 4. The number of carboxylic acids is 1. The Morgan fingerprint density at radius 2 is 1.94 bits per heavy atom. The minimum absolute atomic E-state index is 0.421. The first-order chi connectivity index (χ1) is 7.55. The minimum Gasteiger partial charge on any atom is -0.481 e. The Morgan fingerprint density at radius 3 is 2.31 bits per heavy atom. The molecule has 0 unspecified atom stereocenters. The van der Waals surface area contributed by atoms with Crippen LogP contribution >= 0.6 is 0 Å². The van der Waals surface area contributed by atoms with E-state index in [2.05, 4.69) is 4.74 Å². The molecular formula is C12H18O4. The molecule has 16 heavy (non-hydrogen) atoms. The maximum atomic E-state index is 11.4. The van der Waals surface area contributed by atoms with Gasteiger partial charge in [0.1, 0.15) is 0 Å². The number of carbonyl (C=O) groups is 2. The summed E-state index contributed by atoms with van der Waals surface area (Å²) in [6.45, 7) is 1.83. The molecule has 4 heteroatoms. The third-order valence-electron chi connectivity index (χ3n) is 3.20. The van der Waals surface area contributed by atoms with Gasteiger partial charge in [-0.15, -0.1) is 0 Å². The minimum atomic E-state index is -0.848. The molecule has 0 radical (unpaired) electrons. The summed E-state index contributed by atoms with van der Waals surface area (Å²) in [6.07, 6.45) is 5.14. The second-order valence-electron chi connectivity index (χ2n) is 4.18. The molecule has 0 aromatic rings. The van der Waals surface area contributed by atoms with Gasteiger partial charge in [-0.1, -0.05) is 25.8 Å². The van der Waals surface area contributed by atoms with E-state index in [0.29, 0.717) is 24.8 Å². The van der Waals surface area contributed by atoms with Crippen LogP contribution in [0.5, 0.6) is 0 Å². The molecule has 0 atom stereocenters. The van der Waals surface area contributed by atoms with Gasteiger partial charge in [-0.25, -0.2) is 4.79 Å². The second-order valence-corrected chi connectivity index (χ2v) is 4.18. The fourth-order valence-electron chi connectivity index (χ4n) is 2.20. The van der Waals surface area contributed by atoms with Crippen molar-refractivity contribution < 1.29 is 19.4 Å². The molecule has 4 nitrogen and oxygen atoms in total. The maximum absolute atomic E-state index is 11.4. The number of methoxy groups -OCH3 is 1. The van der Waals surface area contributed by atoms with Crippen molar-refractivity contribution in [3.8, 4) is 0 Å². The van der Waals surface area contributed by atoms with Gasteiger partial charge in [0.15, 0.2) is 0 Å². The maximum Gasteiger partial charge on any atom is 0.333 e. The van der Waals surface area contributed by atoms with Crippen LogP contribution < -0.4 is 0 Å². The Balaban J connectivity index is 3.00. The van der Waals surface area contributed by atoms with Crippen molar-refractivity contribution in [3.63, 3.8) is 0 Å². The first-order valence-electron chi connectivity index (χ1n) is 5.59. The summed E-state index contributed by atoms with van der Waals surface area (Å²) in [7, 11) is 1.31. The van der Waals surface area contributed by atoms with E-state index in [1.165, 1.54) is 7.11 Å². The molecule has 90 valence electrons. The third-order valence-corrected chi connectivity index (χ3v) is 3.20. The molecule has 0 amide bonds. The van der Waals surface area contributed by atoms with E-state index in [4.69, 9.17) is 0 Å². The molecule has 1 N–H and O–H groups in total. The fourth-order valence-corrected chi connectivity index (χ4v) is 2.20. The zero-order valence-electron chi connectivity index (χ0n) is 9.78. The number of esters is 1. The Labute approximate surface area is 95.3 Å². The third kappa shape index (κ3) is 2.43. The highest BCUT2D eigenvalue weighted by molar-refractivity contribution is 5.90. The largest absolute Gasteiger partial charge is 0.481 e. The SMILES string of the molecule is CC/C(=C\C1(C(=O)O)CCCC1)C(=O)OC. The van der Waals surface area contributed by atoms with E-state index < -0.39 is 17.4 Å². The predicted octanol–water partition coefficient (Wildman–Crippen LogP) is 2.14. The summed E-state index contributed by atoms with van der Waals surface area (Å²) in [4.78, 5) is 22.7. The highest BCUT2D eigenvalue weighted by Gasteiger charge is 2.40. The molecule has 0 aromatic carbocycles. The zero-order valence-corrected chi connectivity index (χ0v) is 9.78. The highest BCUT2D eigenvalue weighted by Crippen LogP contribution is 2.40. The first-order valence-corrected chi connectivity index (χ1v) is 5.59. The lowest BCUT2D eigenvalue weighted by Gasteiger charge is -2.20. The summed E-state index contributed by atoms with van der Waals surface area (Å²) in [5.41, 5.74) is -0.383. The van der Waals surface area contributed by atoms with Crippen molar-refractivity contribution in [2.24, 2.45) is 5.41 Å². The summed E-state index contributed by atoms with van der Waals surface area (Å²) < 4.78 is 4.64. The molecule has 1 rings (SSSR count). The van der Waals surface area contributed by atoms with Crippen LogP contribution in [0, 0.1) is 5.41 Å². The van der Waals surface area contributed by atoms with Crippen LogP contribution in [0.2, 0.25) is 0 Å². The lowest BCUT2D eigenvalue weighted by Crippen LogP contribution is -2.26. The van der Waals surface area contributed by atoms with E-state index in [0.717, 1.165) is 12.8 Å². The molecule has 0 bridgehead atoms. The van der Waals surface area contributed by atoms with Gasteiger partial charge < -0.3 is 9.84 Å². The van der Waals surface area contributed by atoms with E-state index in [-0.39, 0.29) is 0 Å². The molecule has 1 fully saturated rings. The lowest BCUT2D eigenvalue weighted by atomic mass is 9.84. The lowest BCUT2D eigenvalue weighted by molar-refractivity contribution is -0.145. The van der Waals surface area contributed by atoms with Gasteiger partial charge >= 0.3 is 11.9 Å². The van der Waals surface area contributed by atoms with E-state index in [1.54, 1.807) is 6.08 Å². The monoisotopic (exact) mass is 226 g/mol. The predicted molar refractivity (Wildman–Crippen MR) is 58.9 cm³/mol. The number of hydrogen-bond donors (Lipinski definition) is 1. The standard InChI is InChI=1S/C12H18O4/c1-3-9(10(13)16-2)8-12(11(14)15)6-4-5-7-12/h8H,3-7H2,1-2H3,(H,14,15)/b9-8+. The number of aliphatic carboxylic acids is 1. The van der Waals surface area contributed by atoms with Gasteiger partial charge in [0.05, 0.1) is 12.5 Å². The summed E-state index contributed by atoms with van der Waals surface area (Å²) in [6, 6.07) is 0. The number of carbonyl (C=O) groups excluding carboxylic acids is 1. The van der Waals surface area contributed by atoms with E-state index >= 15 is 0 Å². The Bertz CT molecular complexity index is 311. The van der Waals surface area contributed by atoms with Gasteiger partial charge in [-0.05, 0) is 19.3 Å². The van der Waals surface area contributed by atoms with Crippen LogP contribution in [-0.2, 0) is 14.3 Å². The Hall–Kier alpha value is -1.32. The summed E-state index contributed by atoms with van der Waals surface area (Å²) in [5.74, 6) is -1.25. The molecular weight excluding hydrogens is 208 g/mol. The Kier molecular flexibility index (Phi) is 4.10. The number of ether oxygens (including phenoxy) is 1. The fraction of sp³-hybridized carbons (Fsp3) is 0.667. The smallest absolute Gasteiger partial charge is 0.333 e. The van der Waals surface area contributed by atoms with Gasteiger partial charge in [0, 0.05) is 5.57 Å². The van der Waals surface area contributed by atoms with Crippen molar-refractivity contribution in [2.45, 2.75) is 39.0 Å².